The molecule has 150 valence electrons. The standard InChI is InChI=1S/C20H19ClF3NO3/c1-3-27-17-9-5-13(11-18(17)28-4-2)6-10-19(26)25-16-12-14(20(22,23)24)7-8-15(16)21/h5-12H,3-4H2,1-2H3,(H,25,26). The summed E-state index contributed by atoms with van der Waals surface area (Å²) in [6.07, 6.45) is -1.82. The van der Waals surface area contributed by atoms with Gasteiger partial charge in [-0.05, 0) is 55.8 Å². The van der Waals surface area contributed by atoms with Crippen molar-refractivity contribution in [2.75, 3.05) is 18.5 Å². The maximum Gasteiger partial charge on any atom is 0.416 e. The number of rotatable bonds is 7. The van der Waals surface area contributed by atoms with Gasteiger partial charge in [0.15, 0.2) is 11.5 Å². The number of nitrogens with one attached hydrogen (secondary N) is 1. The Kier molecular flexibility index (Phi) is 7.34. The second-order valence-corrected chi connectivity index (χ2v) is 5.99. The van der Waals surface area contributed by atoms with Crippen LogP contribution in [0.15, 0.2) is 42.5 Å². The molecule has 28 heavy (non-hydrogen) atoms. The summed E-state index contributed by atoms with van der Waals surface area (Å²) in [5.74, 6) is 0.502. The van der Waals surface area contributed by atoms with E-state index in [9.17, 15) is 18.0 Å². The van der Waals surface area contributed by atoms with Crippen LogP contribution >= 0.6 is 11.6 Å². The van der Waals surface area contributed by atoms with Gasteiger partial charge >= 0.3 is 6.18 Å². The van der Waals surface area contributed by atoms with Crippen LogP contribution in [0.25, 0.3) is 6.08 Å². The average molecular weight is 414 g/mol. The summed E-state index contributed by atoms with van der Waals surface area (Å²) in [4.78, 5) is 12.1. The van der Waals surface area contributed by atoms with Crippen LogP contribution in [-0.4, -0.2) is 19.1 Å². The SMILES string of the molecule is CCOc1ccc(C=CC(=O)Nc2cc(C(F)(F)F)ccc2Cl)cc1OCC. The van der Waals surface area contributed by atoms with Gasteiger partial charge in [0, 0.05) is 6.08 Å². The van der Waals surface area contributed by atoms with E-state index >= 15 is 0 Å². The predicted octanol–water partition coefficient (Wildman–Crippen LogP) is 5.81. The van der Waals surface area contributed by atoms with E-state index in [0.29, 0.717) is 30.3 Å². The van der Waals surface area contributed by atoms with Crippen molar-refractivity contribution in [1.82, 2.24) is 0 Å². The van der Waals surface area contributed by atoms with Crippen molar-refractivity contribution in [3.8, 4) is 11.5 Å². The average Bonchev–Trinajstić information content (AvgIpc) is 2.63. The second kappa shape index (κ2) is 9.50. The van der Waals surface area contributed by atoms with Gasteiger partial charge < -0.3 is 14.8 Å². The molecule has 0 unspecified atom stereocenters. The molecule has 0 aromatic heterocycles. The summed E-state index contributed by atoms with van der Waals surface area (Å²) in [7, 11) is 0. The Labute approximate surface area is 165 Å². The minimum Gasteiger partial charge on any atom is -0.490 e. The molecule has 0 bridgehead atoms. The number of alkyl halides is 3. The Hall–Kier alpha value is -2.67. The van der Waals surface area contributed by atoms with Crippen LogP contribution in [0.5, 0.6) is 11.5 Å². The van der Waals surface area contributed by atoms with E-state index in [-0.39, 0.29) is 10.7 Å². The number of hydrogen-bond donors (Lipinski definition) is 1. The molecule has 0 aliphatic carbocycles. The van der Waals surface area contributed by atoms with E-state index in [4.69, 9.17) is 21.1 Å². The van der Waals surface area contributed by atoms with E-state index in [1.165, 1.54) is 12.2 Å². The Morgan fingerprint density at radius 1 is 1.07 bits per heavy atom. The van der Waals surface area contributed by atoms with Crippen molar-refractivity contribution in [3.63, 3.8) is 0 Å². The van der Waals surface area contributed by atoms with Crippen LogP contribution in [-0.2, 0) is 11.0 Å². The fraction of sp³-hybridized carbons (Fsp3) is 0.250. The lowest BCUT2D eigenvalue weighted by molar-refractivity contribution is -0.137. The molecule has 1 amide bonds. The third kappa shape index (κ3) is 5.92. The van der Waals surface area contributed by atoms with Gasteiger partial charge in [0.05, 0.1) is 29.5 Å². The van der Waals surface area contributed by atoms with Crippen LogP contribution in [0.1, 0.15) is 25.0 Å². The number of amides is 1. The van der Waals surface area contributed by atoms with Gasteiger partial charge in [-0.25, -0.2) is 0 Å². The molecule has 0 radical (unpaired) electrons. The Balaban J connectivity index is 2.15. The smallest absolute Gasteiger partial charge is 0.416 e. The van der Waals surface area contributed by atoms with Crippen molar-refractivity contribution in [1.29, 1.82) is 0 Å². The highest BCUT2D eigenvalue weighted by molar-refractivity contribution is 6.33. The second-order valence-electron chi connectivity index (χ2n) is 5.59. The first kappa shape index (κ1) is 21.6. The summed E-state index contributed by atoms with van der Waals surface area (Å²) in [5.41, 5.74) is -0.353. The molecule has 0 saturated heterocycles. The van der Waals surface area contributed by atoms with Crippen molar-refractivity contribution in [3.05, 3.63) is 58.6 Å². The minimum atomic E-state index is -4.53. The minimum absolute atomic E-state index is 0.00875. The van der Waals surface area contributed by atoms with Crippen LogP contribution in [0, 0.1) is 0 Å². The molecule has 8 heteroatoms. The summed E-state index contributed by atoms with van der Waals surface area (Å²) in [6, 6.07) is 7.88. The van der Waals surface area contributed by atoms with E-state index in [0.717, 1.165) is 18.2 Å². The first-order chi connectivity index (χ1) is 13.2. The molecular formula is C20H19ClF3NO3. The highest BCUT2D eigenvalue weighted by Gasteiger charge is 2.31. The van der Waals surface area contributed by atoms with Gasteiger partial charge in [0.25, 0.3) is 0 Å². The first-order valence-corrected chi connectivity index (χ1v) is 8.87. The zero-order chi connectivity index (χ0) is 20.7. The number of carbonyl (C=O) groups is 1. The van der Waals surface area contributed by atoms with Gasteiger partial charge in [-0.1, -0.05) is 17.7 Å². The lowest BCUT2D eigenvalue weighted by Gasteiger charge is -2.11. The molecule has 0 aliphatic heterocycles. The van der Waals surface area contributed by atoms with Crippen LogP contribution in [0.4, 0.5) is 18.9 Å². The number of hydrogen-bond acceptors (Lipinski definition) is 3. The Morgan fingerprint density at radius 2 is 1.75 bits per heavy atom. The van der Waals surface area contributed by atoms with Crippen LogP contribution in [0.2, 0.25) is 5.02 Å². The molecule has 0 aliphatic rings. The van der Waals surface area contributed by atoms with Gasteiger partial charge in [0.1, 0.15) is 0 Å². The number of halogens is 4. The van der Waals surface area contributed by atoms with E-state index in [1.54, 1.807) is 18.2 Å². The molecule has 2 aromatic carbocycles. The zero-order valence-corrected chi connectivity index (χ0v) is 16.0. The molecule has 0 spiro atoms. The molecule has 2 rings (SSSR count). The summed E-state index contributed by atoms with van der Waals surface area (Å²) in [6.45, 7) is 4.62. The highest BCUT2D eigenvalue weighted by atomic mass is 35.5. The van der Waals surface area contributed by atoms with E-state index < -0.39 is 17.6 Å². The third-order valence-electron chi connectivity index (χ3n) is 3.55. The van der Waals surface area contributed by atoms with E-state index in [1.807, 2.05) is 13.8 Å². The van der Waals surface area contributed by atoms with Gasteiger partial charge in [-0.15, -0.1) is 0 Å². The molecule has 0 atom stereocenters. The van der Waals surface area contributed by atoms with Gasteiger partial charge in [-0.2, -0.15) is 13.2 Å². The lowest BCUT2D eigenvalue weighted by Crippen LogP contribution is -2.11. The van der Waals surface area contributed by atoms with Crippen molar-refractivity contribution in [2.24, 2.45) is 0 Å². The zero-order valence-electron chi connectivity index (χ0n) is 15.3. The number of benzene rings is 2. The number of ether oxygens (including phenoxy) is 2. The van der Waals surface area contributed by atoms with Crippen LogP contribution < -0.4 is 14.8 Å². The summed E-state index contributed by atoms with van der Waals surface area (Å²) in [5, 5.41) is 2.36. The molecule has 0 saturated carbocycles. The van der Waals surface area contributed by atoms with Crippen molar-refractivity contribution >= 4 is 29.3 Å². The fourth-order valence-corrected chi connectivity index (χ4v) is 2.48. The quantitative estimate of drug-likeness (QED) is 0.583. The molecule has 4 nitrogen and oxygen atoms in total. The van der Waals surface area contributed by atoms with E-state index in [2.05, 4.69) is 5.32 Å². The number of carbonyl (C=O) groups excluding carboxylic acids is 1. The Morgan fingerprint density at radius 3 is 2.39 bits per heavy atom. The normalized spacial score (nSPS) is 11.5. The maximum atomic E-state index is 12.8. The Bertz CT molecular complexity index is 866. The monoisotopic (exact) mass is 413 g/mol. The molecule has 0 heterocycles. The first-order valence-electron chi connectivity index (χ1n) is 8.50. The predicted molar refractivity (Wildman–Crippen MR) is 103 cm³/mol. The summed E-state index contributed by atoms with van der Waals surface area (Å²) < 4.78 is 49.4. The molecule has 0 fully saturated rings. The fourth-order valence-electron chi connectivity index (χ4n) is 2.32. The van der Waals surface area contributed by atoms with Gasteiger partial charge in [-0.3, -0.25) is 4.79 Å². The van der Waals surface area contributed by atoms with Crippen molar-refractivity contribution in [2.45, 2.75) is 20.0 Å². The lowest BCUT2D eigenvalue weighted by atomic mass is 10.1. The van der Waals surface area contributed by atoms with Crippen LogP contribution in [0.3, 0.4) is 0 Å². The highest BCUT2D eigenvalue weighted by Crippen LogP contribution is 2.34. The maximum absolute atomic E-state index is 12.8. The topological polar surface area (TPSA) is 47.6 Å². The molecule has 2 aromatic rings. The third-order valence-corrected chi connectivity index (χ3v) is 3.88. The summed E-state index contributed by atoms with van der Waals surface area (Å²) >= 11 is 5.87. The van der Waals surface area contributed by atoms with Gasteiger partial charge in [0.2, 0.25) is 5.91 Å². The molecular weight excluding hydrogens is 395 g/mol. The number of anilines is 1. The van der Waals surface area contributed by atoms with Crippen molar-refractivity contribution < 1.29 is 27.4 Å². The largest absolute Gasteiger partial charge is 0.490 e. The molecule has 1 N–H and O–H groups in total.